The Morgan fingerprint density at radius 1 is 1.00 bits per heavy atom. The first-order valence-electron chi connectivity index (χ1n) is 8.43. The molecule has 0 aliphatic carbocycles. The van der Waals surface area contributed by atoms with Crippen LogP contribution in [0.3, 0.4) is 0 Å². The van der Waals surface area contributed by atoms with Gasteiger partial charge in [0.1, 0.15) is 0 Å². The quantitative estimate of drug-likeness (QED) is 0.248. The lowest BCUT2D eigenvalue weighted by atomic mass is 9.88. The number of hydrogen-bond donors (Lipinski definition) is 0. The lowest BCUT2D eigenvalue weighted by molar-refractivity contribution is -0.119. The minimum Gasteiger partial charge on any atom is -0.294 e. The van der Waals surface area contributed by atoms with Crippen molar-refractivity contribution in [2.24, 2.45) is 5.92 Å². The molecule has 1 heteroatoms. The summed E-state index contributed by atoms with van der Waals surface area (Å²) in [6.07, 6.45) is 12.9. The molecule has 116 valence electrons. The zero-order valence-corrected chi connectivity index (χ0v) is 14.3. The summed E-state index contributed by atoms with van der Waals surface area (Å²) in [5, 5.41) is 0. The summed E-state index contributed by atoms with van der Waals surface area (Å²) >= 11 is 0. The van der Waals surface area contributed by atoms with Crippen molar-refractivity contribution in [3.63, 3.8) is 0 Å². The van der Waals surface area contributed by atoms with E-state index in [0.717, 1.165) is 44.1 Å². The topological polar surface area (TPSA) is 17.1 Å². The highest BCUT2D eigenvalue weighted by Crippen LogP contribution is 2.21. The summed E-state index contributed by atoms with van der Waals surface area (Å²) < 4.78 is 0. The van der Waals surface area contributed by atoms with Gasteiger partial charge >= 0.3 is 0 Å². The van der Waals surface area contributed by atoms with E-state index in [1.165, 1.54) is 18.4 Å². The maximum Gasteiger partial charge on any atom is 0.161 e. The lowest BCUT2D eigenvalue weighted by Gasteiger charge is -2.15. The second-order valence-electron chi connectivity index (χ2n) is 5.95. The van der Waals surface area contributed by atoms with E-state index in [2.05, 4.69) is 46.8 Å². The maximum atomic E-state index is 12.6. The van der Waals surface area contributed by atoms with Crippen molar-refractivity contribution in [3.05, 3.63) is 23.3 Å². The number of carbonyl (C=O) groups excluding carboxylic acids is 1. The molecule has 0 spiro atoms. The second kappa shape index (κ2) is 11.9. The van der Waals surface area contributed by atoms with E-state index < -0.39 is 0 Å². The normalized spacial score (nSPS) is 13.2. The van der Waals surface area contributed by atoms with Gasteiger partial charge in [0.05, 0.1) is 0 Å². The van der Waals surface area contributed by atoms with Crippen LogP contribution in [0.4, 0.5) is 0 Å². The van der Waals surface area contributed by atoms with Gasteiger partial charge in [-0.2, -0.15) is 0 Å². The van der Waals surface area contributed by atoms with Gasteiger partial charge in [-0.15, -0.1) is 0 Å². The zero-order valence-electron chi connectivity index (χ0n) is 14.3. The molecule has 1 nitrogen and oxygen atoms in total. The molecule has 0 aromatic rings. The average molecular weight is 278 g/mol. The molecular weight excluding hydrogens is 244 g/mol. The Morgan fingerprint density at radius 3 is 2.15 bits per heavy atom. The highest BCUT2D eigenvalue weighted by Gasteiger charge is 2.18. The summed E-state index contributed by atoms with van der Waals surface area (Å²) in [4.78, 5) is 12.6. The Morgan fingerprint density at radius 2 is 1.65 bits per heavy atom. The van der Waals surface area contributed by atoms with Crippen LogP contribution in [0, 0.1) is 5.92 Å². The average Bonchev–Trinajstić information content (AvgIpc) is 2.42. The van der Waals surface area contributed by atoms with E-state index in [0.29, 0.717) is 5.78 Å². The predicted molar refractivity (Wildman–Crippen MR) is 90.0 cm³/mol. The van der Waals surface area contributed by atoms with Crippen LogP contribution in [0.1, 0.15) is 86.0 Å². The molecule has 20 heavy (non-hydrogen) atoms. The van der Waals surface area contributed by atoms with Gasteiger partial charge in [-0.05, 0) is 51.5 Å². The van der Waals surface area contributed by atoms with Crippen LogP contribution in [0.25, 0.3) is 0 Å². The summed E-state index contributed by atoms with van der Waals surface area (Å²) in [5.41, 5.74) is 2.44. The van der Waals surface area contributed by atoms with Crippen molar-refractivity contribution < 1.29 is 4.79 Å². The fraction of sp³-hybridized carbons (Fsp3) is 0.737. The lowest BCUT2D eigenvalue weighted by Crippen LogP contribution is -2.16. The van der Waals surface area contributed by atoms with Crippen LogP contribution >= 0.6 is 0 Å². The smallest absolute Gasteiger partial charge is 0.161 e. The van der Waals surface area contributed by atoms with E-state index in [9.17, 15) is 4.79 Å². The Kier molecular flexibility index (Phi) is 11.4. The van der Waals surface area contributed by atoms with E-state index in [4.69, 9.17) is 0 Å². The fourth-order valence-electron chi connectivity index (χ4n) is 2.46. The predicted octanol–water partition coefficient (Wildman–Crippen LogP) is 6.24. The van der Waals surface area contributed by atoms with Crippen molar-refractivity contribution in [1.29, 1.82) is 0 Å². The van der Waals surface area contributed by atoms with Gasteiger partial charge in [0.2, 0.25) is 0 Å². The van der Waals surface area contributed by atoms with Crippen molar-refractivity contribution in [2.45, 2.75) is 86.0 Å². The third-order valence-electron chi connectivity index (χ3n) is 3.72. The molecule has 0 N–H and O–H groups in total. The molecule has 0 aliphatic rings. The van der Waals surface area contributed by atoms with E-state index in [1.807, 2.05) is 0 Å². The molecule has 0 saturated heterocycles. The maximum absolute atomic E-state index is 12.6. The minimum absolute atomic E-state index is 0.246. The van der Waals surface area contributed by atoms with Gasteiger partial charge in [-0.25, -0.2) is 0 Å². The monoisotopic (exact) mass is 278 g/mol. The minimum atomic E-state index is 0.246. The largest absolute Gasteiger partial charge is 0.294 e. The summed E-state index contributed by atoms with van der Waals surface area (Å²) in [7, 11) is 0. The number of ketones is 1. The Bertz CT molecular complexity index is 319. The highest BCUT2D eigenvalue weighted by atomic mass is 16.1. The Balaban J connectivity index is 4.64. The summed E-state index contributed by atoms with van der Waals surface area (Å²) in [5.74, 6) is 0.663. The number of rotatable bonds is 11. The molecule has 1 atom stereocenters. The number of allylic oxidation sites excluding steroid dienone is 4. The first-order valence-corrected chi connectivity index (χ1v) is 8.43. The van der Waals surface area contributed by atoms with Crippen LogP contribution in [-0.2, 0) is 4.79 Å². The second-order valence-corrected chi connectivity index (χ2v) is 5.95. The summed E-state index contributed by atoms with van der Waals surface area (Å²) in [6, 6.07) is 0. The zero-order chi connectivity index (χ0) is 15.4. The standard InChI is InChI=1S/C19H34O/c1-6-9-14-17(8-3)19(20)18(12-7-2)15-11-10-13-16(4)5/h13,15,17H,6-12,14H2,1-5H3. The first kappa shape index (κ1) is 19.1. The van der Waals surface area contributed by atoms with Crippen molar-refractivity contribution in [2.75, 3.05) is 0 Å². The van der Waals surface area contributed by atoms with E-state index in [-0.39, 0.29) is 5.92 Å². The molecule has 0 bridgehead atoms. The van der Waals surface area contributed by atoms with Crippen molar-refractivity contribution >= 4 is 5.78 Å². The van der Waals surface area contributed by atoms with Gasteiger partial charge in [0.25, 0.3) is 0 Å². The number of Topliss-reactive ketones (excluding diaryl/α,β-unsaturated/α-hetero) is 1. The van der Waals surface area contributed by atoms with Gasteiger partial charge in [0.15, 0.2) is 5.78 Å². The van der Waals surface area contributed by atoms with Crippen LogP contribution in [0.2, 0.25) is 0 Å². The first-order chi connectivity index (χ1) is 9.56. The van der Waals surface area contributed by atoms with Gasteiger partial charge in [-0.3, -0.25) is 4.79 Å². The van der Waals surface area contributed by atoms with E-state index in [1.54, 1.807) is 0 Å². The molecule has 0 aromatic carbocycles. The SMILES string of the molecule is CCCCC(CC)C(=O)C(=CCCC=C(C)C)CCC. The van der Waals surface area contributed by atoms with Crippen molar-refractivity contribution in [1.82, 2.24) is 0 Å². The van der Waals surface area contributed by atoms with Gasteiger partial charge in [-0.1, -0.05) is 57.8 Å². The molecular formula is C19H34O. The number of hydrogen-bond acceptors (Lipinski definition) is 1. The molecule has 0 radical (unpaired) electrons. The van der Waals surface area contributed by atoms with Crippen LogP contribution in [0.15, 0.2) is 23.3 Å². The number of unbranched alkanes of at least 4 members (excludes halogenated alkanes) is 2. The third-order valence-corrected chi connectivity index (χ3v) is 3.72. The molecule has 0 aromatic heterocycles. The molecule has 0 aliphatic heterocycles. The van der Waals surface area contributed by atoms with Crippen molar-refractivity contribution in [3.8, 4) is 0 Å². The molecule has 0 rings (SSSR count). The molecule has 0 saturated carbocycles. The van der Waals surface area contributed by atoms with Gasteiger partial charge in [0, 0.05) is 5.92 Å². The summed E-state index contributed by atoms with van der Waals surface area (Å²) in [6.45, 7) is 10.7. The Hall–Kier alpha value is -0.850. The fourth-order valence-corrected chi connectivity index (χ4v) is 2.46. The van der Waals surface area contributed by atoms with Crippen LogP contribution in [-0.4, -0.2) is 5.78 Å². The molecule has 0 heterocycles. The molecule has 1 unspecified atom stereocenters. The Labute approximate surface area is 126 Å². The van der Waals surface area contributed by atoms with Crippen LogP contribution < -0.4 is 0 Å². The third kappa shape index (κ3) is 8.35. The van der Waals surface area contributed by atoms with E-state index >= 15 is 0 Å². The number of carbonyl (C=O) groups is 1. The van der Waals surface area contributed by atoms with Crippen LogP contribution in [0.5, 0.6) is 0 Å². The molecule has 0 amide bonds. The van der Waals surface area contributed by atoms with Gasteiger partial charge < -0.3 is 0 Å². The highest BCUT2D eigenvalue weighted by molar-refractivity contribution is 5.97. The molecule has 0 fully saturated rings.